The number of nitrogens with zero attached hydrogens (tertiary/aromatic N) is 6. The Balaban J connectivity index is 0.937. The van der Waals surface area contributed by atoms with Gasteiger partial charge in [0.2, 0.25) is 0 Å². The quantitative estimate of drug-likeness (QED) is 0.527. The summed E-state index contributed by atoms with van der Waals surface area (Å²) in [4.78, 5) is 22.4. The molecule has 3 atom stereocenters. The lowest BCUT2D eigenvalue weighted by molar-refractivity contribution is -0.0966. The lowest BCUT2D eigenvalue weighted by Crippen LogP contribution is -2.66. The maximum Gasteiger partial charge on any atom is 0.410 e. The molecule has 2 unspecified atom stereocenters. The van der Waals surface area contributed by atoms with Gasteiger partial charge in [-0.3, -0.25) is 14.5 Å². The first kappa shape index (κ1) is 28.0. The van der Waals surface area contributed by atoms with Gasteiger partial charge in [-0.2, -0.15) is 5.10 Å². The second-order valence-electron chi connectivity index (χ2n) is 16.0. The molecule has 1 aliphatic carbocycles. The van der Waals surface area contributed by atoms with Gasteiger partial charge in [-0.15, -0.1) is 0 Å². The van der Waals surface area contributed by atoms with Crippen molar-refractivity contribution in [3.05, 3.63) is 11.3 Å². The Morgan fingerprint density at radius 2 is 1.76 bits per heavy atom. The van der Waals surface area contributed by atoms with Crippen molar-refractivity contribution in [2.24, 2.45) is 11.3 Å². The first-order valence-electron chi connectivity index (χ1n) is 16.2. The number of amides is 1. The number of hydrogen-bond acceptors (Lipinski definition) is 7. The number of carbonyl (C=O) groups excluding carboxylic acids is 1. The molecule has 41 heavy (non-hydrogen) atoms. The van der Waals surface area contributed by atoms with E-state index in [9.17, 15) is 4.79 Å². The van der Waals surface area contributed by atoms with Crippen LogP contribution in [-0.4, -0.2) is 112 Å². The van der Waals surface area contributed by atoms with E-state index < -0.39 is 5.60 Å². The Bertz CT molecular complexity index is 1170. The van der Waals surface area contributed by atoms with Crippen LogP contribution < -0.4 is 4.90 Å². The molecular weight excluding hydrogens is 516 g/mol. The van der Waals surface area contributed by atoms with Crippen LogP contribution in [0.25, 0.3) is 0 Å². The average Bonchev–Trinajstić information content (AvgIpc) is 3.24. The third kappa shape index (κ3) is 4.78. The van der Waals surface area contributed by atoms with Crippen molar-refractivity contribution >= 4 is 11.9 Å². The average molecular weight is 569 g/mol. The van der Waals surface area contributed by atoms with Crippen molar-refractivity contribution in [1.29, 1.82) is 0 Å². The van der Waals surface area contributed by atoms with Crippen LogP contribution in [0, 0.1) is 25.2 Å². The number of piperidine rings is 1. The van der Waals surface area contributed by atoms with E-state index in [-0.39, 0.29) is 17.0 Å². The molecule has 5 saturated heterocycles. The predicted octanol–water partition coefficient (Wildman–Crippen LogP) is 4.22. The van der Waals surface area contributed by atoms with Crippen molar-refractivity contribution in [2.75, 3.05) is 57.4 Å². The van der Waals surface area contributed by atoms with E-state index in [1.165, 1.54) is 56.0 Å². The molecule has 1 aromatic rings. The third-order valence-electron chi connectivity index (χ3n) is 11.4. The van der Waals surface area contributed by atoms with Crippen molar-refractivity contribution in [1.82, 2.24) is 24.5 Å². The summed E-state index contributed by atoms with van der Waals surface area (Å²) >= 11 is 0. The van der Waals surface area contributed by atoms with E-state index in [4.69, 9.17) is 14.6 Å². The van der Waals surface area contributed by atoms with E-state index in [0.717, 1.165) is 63.7 Å². The standard InChI is InChI=1S/C32H52N6O3/c1-21-22(2)38(24-13-32(14-24)19-35(20-32)29(39)41-30(3,4)5)33-28(21)37-11-8-23(12-31(37,6)7)15-34-16-27-26(34)9-10-36(27)25-17-40-18-25/h23-27H,8-20H2,1-7H3/t23-,26?,27?/m1/s1. The minimum Gasteiger partial charge on any atom is -0.444 e. The first-order valence-corrected chi connectivity index (χ1v) is 16.2. The molecule has 0 aromatic carbocycles. The number of anilines is 1. The maximum atomic E-state index is 12.4. The molecule has 0 bridgehead atoms. The zero-order valence-electron chi connectivity index (χ0n) is 26.5. The highest BCUT2D eigenvalue weighted by atomic mass is 16.6. The fourth-order valence-corrected chi connectivity index (χ4v) is 9.03. The van der Waals surface area contributed by atoms with Crippen LogP contribution in [-0.2, 0) is 9.47 Å². The second-order valence-corrected chi connectivity index (χ2v) is 16.0. The smallest absolute Gasteiger partial charge is 0.410 e. The second kappa shape index (κ2) is 9.58. The molecule has 9 nitrogen and oxygen atoms in total. The van der Waals surface area contributed by atoms with Crippen molar-refractivity contribution in [3.63, 3.8) is 0 Å². The summed E-state index contributed by atoms with van der Waals surface area (Å²) in [5.41, 5.74) is 2.54. The number of rotatable bonds is 5. The molecule has 1 amide bonds. The molecule has 1 spiro atoms. The highest BCUT2D eigenvalue weighted by Crippen LogP contribution is 2.55. The van der Waals surface area contributed by atoms with Crippen LogP contribution in [0.3, 0.4) is 0 Å². The van der Waals surface area contributed by atoms with Gasteiger partial charge in [-0.25, -0.2) is 4.79 Å². The Labute approximate surface area is 246 Å². The zero-order chi connectivity index (χ0) is 28.9. The topological polar surface area (TPSA) is 66.3 Å². The van der Waals surface area contributed by atoms with Crippen LogP contribution >= 0.6 is 0 Å². The minimum absolute atomic E-state index is 0.0945. The lowest BCUT2D eigenvalue weighted by Gasteiger charge is -2.58. The van der Waals surface area contributed by atoms with Crippen LogP contribution in [0.5, 0.6) is 0 Å². The molecule has 9 heteroatoms. The van der Waals surface area contributed by atoms with Gasteiger partial charge < -0.3 is 19.3 Å². The molecule has 0 N–H and O–H groups in total. The van der Waals surface area contributed by atoms with Gasteiger partial charge in [0.05, 0.1) is 25.3 Å². The molecule has 228 valence electrons. The lowest BCUT2D eigenvalue weighted by atomic mass is 9.61. The summed E-state index contributed by atoms with van der Waals surface area (Å²) in [6, 6.07) is 2.67. The van der Waals surface area contributed by atoms with Crippen molar-refractivity contribution in [2.45, 2.75) is 116 Å². The van der Waals surface area contributed by atoms with E-state index in [1.807, 2.05) is 25.7 Å². The van der Waals surface area contributed by atoms with Gasteiger partial charge in [0.25, 0.3) is 0 Å². The molecule has 1 saturated carbocycles. The number of ether oxygens (including phenoxy) is 2. The molecule has 6 heterocycles. The third-order valence-corrected chi connectivity index (χ3v) is 11.4. The Morgan fingerprint density at radius 3 is 2.39 bits per heavy atom. The Hall–Kier alpha value is -1.84. The molecular formula is C32H52N6O3. The number of hydrogen-bond donors (Lipinski definition) is 0. The van der Waals surface area contributed by atoms with Gasteiger partial charge in [0, 0.05) is 73.6 Å². The minimum atomic E-state index is -0.439. The van der Waals surface area contributed by atoms with Crippen LogP contribution in [0.1, 0.15) is 84.0 Å². The Kier molecular flexibility index (Phi) is 6.53. The summed E-state index contributed by atoms with van der Waals surface area (Å²) in [6.45, 7) is 23.5. The molecule has 1 aromatic heterocycles. The Morgan fingerprint density at radius 1 is 1.02 bits per heavy atom. The predicted molar refractivity (Wildman–Crippen MR) is 159 cm³/mol. The van der Waals surface area contributed by atoms with E-state index in [2.05, 4.69) is 47.1 Å². The van der Waals surface area contributed by atoms with Gasteiger partial charge in [0.1, 0.15) is 5.60 Å². The van der Waals surface area contributed by atoms with Gasteiger partial charge in [-0.1, -0.05) is 0 Å². The largest absolute Gasteiger partial charge is 0.444 e. The SMILES string of the molecule is Cc1c(N2CC[C@@H](CN3CC4C3CCN4C3COC3)CC2(C)C)nn(C2CC3(C2)CN(C(=O)OC(C)(C)C)C3)c1C. The number of fused-ring (bicyclic) bond motifs is 1. The molecule has 5 aliphatic heterocycles. The van der Waals surface area contributed by atoms with Crippen LogP contribution in [0.4, 0.5) is 10.6 Å². The van der Waals surface area contributed by atoms with Gasteiger partial charge >= 0.3 is 6.09 Å². The van der Waals surface area contributed by atoms with E-state index in [0.29, 0.717) is 12.1 Å². The van der Waals surface area contributed by atoms with Crippen molar-refractivity contribution < 1.29 is 14.3 Å². The zero-order valence-corrected chi connectivity index (χ0v) is 26.5. The fraction of sp³-hybridized carbons (Fsp3) is 0.875. The summed E-state index contributed by atoms with van der Waals surface area (Å²) in [7, 11) is 0. The summed E-state index contributed by atoms with van der Waals surface area (Å²) < 4.78 is 13.4. The monoisotopic (exact) mass is 568 g/mol. The first-order chi connectivity index (χ1) is 19.3. The fourth-order valence-electron chi connectivity index (χ4n) is 9.03. The van der Waals surface area contributed by atoms with Crippen LogP contribution in [0.2, 0.25) is 0 Å². The molecule has 7 rings (SSSR count). The summed E-state index contributed by atoms with van der Waals surface area (Å²) in [5, 5.41) is 5.28. The highest BCUT2D eigenvalue weighted by Gasteiger charge is 2.56. The number of carbonyl (C=O) groups is 1. The highest BCUT2D eigenvalue weighted by molar-refractivity contribution is 5.69. The van der Waals surface area contributed by atoms with Gasteiger partial charge in [-0.05, 0) is 86.5 Å². The van der Waals surface area contributed by atoms with Gasteiger partial charge in [0.15, 0.2) is 5.82 Å². The maximum absolute atomic E-state index is 12.4. The number of aromatic nitrogens is 2. The molecule has 0 radical (unpaired) electrons. The van der Waals surface area contributed by atoms with E-state index >= 15 is 0 Å². The summed E-state index contributed by atoms with van der Waals surface area (Å²) in [5.74, 6) is 1.94. The molecule has 6 aliphatic rings. The summed E-state index contributed by atoms with van der Waals surface area (Å²) in [6.07, 6.45) is 5.83. The number of likely N-dealkylation sites (tertiary alicyclic amines) is 3. The van der Waals surface area contributed by atoms with Crippen LogP contribution in [0.15, 0.2) is 0 Å². The molecule has 6 fully saturated rings. The van der Waals surface area contributed by atoms with Crippen molar-refractivity contribution in [3.8, 4) is 0 Å². The van der Waals surface area contributed by atoms with E-state index in [1.54, 1.807) is 0 Å². The normalized spacial score (nSPS) is 31.8.